The summed E-state index contributed by atoms with van der Waals surface area (Å²) in [6.07, 6.45) is 0. The second kappa shape index (κ2) is 6.63. The van der Waals surface area contributed by atoms with Crippen LogP contribution >= 0.6 is 0 Å². The summed E-state index contributed by atoms with van der Waals surface area (Å²) in [6.45, 7) is 5.31. The van der Waals surface area contributed by atoms with Crippen molar-refractivity contribution >= 4 is 33.3 Å². The molecule has 1 atom stereocenters. The zero-order valence-corrected chi connectivity index (χ0v) is 16.6. The summed E-state index contributed by atoms with van der Waals surface area (Å²) in [5.41, 5.74) is 10.5. The highest BCUT2D eigenvalue weighted by molar-refractivity contribution is 5.97. The maximum atomic E-state index is 12.7. The first-order valence-corrected chi connectivity index (χ1v) is 9.87. The molecule has 7 heteroatoms. The number of hydrogen-bond acceptors (Lipinski definition) is 5. The Bertz CT molecular complexity index is 1270. The average molecular weight is 388 g/mol. The summed E-state index contributed by atoms with van der Waals surface area (Å²) in [7, 11) is 2.16. The number of nitrogens with zero attached hydrogens (tertiary/aromatic N) is 3. The number of para-hydroxylation sites is 1. The van der Waals surface area contributed by atoms with Crippen LogP contribution < -0.4 is 16.2 Å². The van der Waals surface area contributed by atoms with Crippen LogP contribution in [0.5, 0.6) is 0 Å². The van der Waals surface area contributed by atoms with Gasteiger partial charge in [-0.25, -0.2) is 4.98 Å². The second-order valence-electron chi connectivity index (χ2n) is 7.88. The number of likely N-dealkylation sites (N-methyl/N-ethyl adjacent to an activating group) is 1. The van der Waals surface area contributed by atoms with Gasteiger partial charge in [-0.15, -0.1) is 0 Å². The van der Waals surface area contributed by atoms with Crippen LogP contribution in [0.4, 0.5) is 11.4 Å². The van der Waals surface area contributed by atoms with Crippen LogP contribution in [0, 0.1) is 0 Å². The predicted molar refractivity (Wildman–Crippen MR) is 118 cm³/mol. The molecule has 0 amide bonds. The van der Waals surface area contributed by atoms with Crippen LogP contribution in [-0.2, 0) is 0 Å². The fraction of sp³-hybridized carbons (Fsp3) is 0.273. The van der Waals surface area contributed by atoms with E-state index in [1.807, 2.05) is 30.3 Å². The molecule has 0 spiro atoms. The van der Waals surface area contributed by atoms with Crippen LogP contribution in [0.25, 0.3) is 33.3 Å². The number of anilines is 2. The summed E-state index contributed by atoms with van der Waals surface area (Å²) in [6, 6.07) is 14.2. The number of nitrogen functional groups attached to an aromatic ring is 1. The molecule has 3 heterocycles. The molecule has 1 fully saturated rings. The van der Waals surface area contributed by atoms with Crippen molar-refractivity contribution in [3.05, 3.63) is 52.8 Å². The van der Waals surface area contributed by atoms with E-state index in [1.165, 1.54) is 0 Å². The first-order chi connectivity index (χ1) is 14.0. The Kier molecular flexibility index (Phi) is 4.06. The van der Waals surface area contributed by atoms with E-state index in [4.69, 9.17) is 5.73 Å². The lowest BCUT2D eigenvalue weighted by molar-refractivity contribution is 0.275. The van der Waals surface area contributed by atoms with E-state index in [2.05, 4.69) is 50.9 Å². The highest BCUT2D eigenvalue weighted by Crippen LogP contribution is 2.30. The smallest absolute Gasteiger partial charge is 0.261 e. The van der Waals surface area contributed by atoms with E-state index in [1.54, 1.807) is 0 Å². The van der Waals surface area contributed by atoms with Crippen LogP contribution in [-0.4, -0.2) is 52.6 Å². The maximum absolute atomic E-state index is 12.7. The van der Waals surface area contributed by atoms with Crippen molar-refractivity contribution in [2.75, 3.05) is 37.3 Å². The molecule has 2 aromatic carbocycles. The number of benzene rings is 2. The molecule has 0 saturated carbocycles. The standard InChI is InChI=1S/C22H24N6O/c1-13-12-27(2)9-10-28(13)14-7-8-17-18(11-14)25-21(24-17)19-20(23)15-5-3-4-6-16(15)26-22(19)29/h3-8,11,13H,9-10,12H2,1-2H3,(H,24,25)(H3,23,26,29)/t13-/m0/s1. The number of H-pyrrole nitrogens is 2. The van der Waals surface area contributed by atoms with Crippen molar-refractivity contribution in [2.45, 2.75) is 13.0 Å². The van der Waals surface area contributed by atoms with Gasteiger partial charge in [0.2, 0.25) is 0 Å². The van der Waals surface area contributed by atoms with Gasteiger partial charge in [0, 0.05) is 36.7 Å². The summed E-state index contributed by atoms with van der Waals surface area (Å²) < 4.78 is 0. The normalized spacial score (nSPS) is 18.0. The number of imidazole rings is 1. The summed E-state index contributed by atoms with van der Waals surface area (Å²) in [5.74, 6) is 0.494. The zero-order valence-electron chi connectivity index (χ0n) is 16.6. The van der Waals surface area contributed by atoms with Gasteiger partial charge >= 0.3 is 0 Å². The van der Waals surface area contributed by atoms with Gasteiger partial charge in [-0.2, -0.15) is 0 Å². The zero-order chi connectivity index (χ0) is 20.1. The Hall–Kier alpha value is -3.32. The first-order valence-electron chi connectivity index (χ1n) is 9.87. The van der Waals surface area contributed by atoms with Gasteiger partial charge in [-0.05, 0) is 38.2 Å². The quantitative estimate of drug-likeness (QED) is 0.491. The van der Waals surface area contributed by atoms with Crippen LogP contribution in [0.1, 0.15) is 6.92 Å². The molecule has 4 N–H and O–H groups in total. The molecule has 1 aliphatic rings. The lowest BCUT2D eigenvalue weighted by atomic mass is 10.1. The Morgan fingerprint density at radius 3 is 2.76 bits per heavy atom. The molecule has 4 aromatic rings. The molecule has 148 valence electrons. The third kappa shape index (κ3) is 2.94. The maximum Gasteiger partial charge on any atom is 0.261 e. The summed E-state index contributed by atoms with van der Waals surface area (Å²) in [5, 5.41) is 0.814. The number of piperazine rings is 1. The highest BCUT2D eigenvalue weighted by Gasteiger charge is 2.22. The van der Waals surface area contributed by atoms with Gasteiger partial charge in [-0.1, -0.05) is 18.2 Å². The SMILES string of the molecule is C[C@H]1CN(C)CCN1c1ccc2nc(-c3c(N)c4ccccc4[nH]c3=O)[nH]c2c1. The average Bonchev–Trinajstić information content (AvgIpc) is 3.10. The molecule has 1 saturated heterocycles. The molecule has 29 heavy (non-hydrogen) atoms. The van der Waals surface area contributed by atoms with Crippen molar-refractivity contribution in [1.82, 2.24) is 19.9 Å². The number of hydrogen-bond donors (Lipinski definition) is 3. The van der Waals surface area contributed by atoms with E-state index in [-0.39, 0.29) is 5.56 Å². The van der Waals surface area contributed by atoms with Gasteiger partial charge in [0.25, 0.3) is 5.56 Å². The third-order valence-electron chi connectivity index (χ3n) is 5.83. The molecule has 1 aliphatic heterocycles. The van der Waals surface area contributed by atoms with Crippen molar-refractivity contribution in [2.24, 2.45) is 0 Å². The number of aromatic amines is 2. The monoisotopic (exact) mass is 388 g/mol. The lowest BCUT2D eigenvalue weighted by Gasteiger charge is -2.39. The minimum absolute atomic E-state index is 0.242. The Balaban J connectivity index is 1.59. The highest BCUT2D eigenvalue weighted by atomic mass is 16.1. The van der Waals surface area contributed by atoms with Crippen LogP contribution in [0.2, 0.25) is 0 Å². The first kappa shape index (κ1) is 17.8. The molecule has 0 radical (unpaired) electrons. The van der Waals surface area contributed by atoms with Gasteiger partial charge in [0.05, 0.1) is 22.2 Å². The largest absolute Gasteiger partial charge is 0.397 e. The fourth-order valence-electron chi connectivity index (χ4n) is 4.32. The molecule has 0 unspecified atom stereocenters. The Morgan fingerprint density at radius 1 is 1.10 bits per heavy atom. The van der Waals surface area contributed by atoms with E-state index in [0.717, 1.165) is 47.3 Å². The topological polar surface area (TPSA) is 94.0 Å². The molecule has 2 aromatic heterocycles. The van der Waals surface area contributed by atoms with Crippen molar-refractivity contribution in [1.29, 1.82) is 0 Å². The summed E-state index contributed by atoms with van der Waals surface area (Å²) in [4.78, 5) is 28.3. The van der Waals surface area contributed by atoms with Crippen LogP contribution in [0.15, 0.2) is 47.3 Å². The van der Waals surface area contributed by atoms with E-state index < -0.39 is 0 Å². The van der Waals surface area contributed by atoms with Gasteiger partial charge in [0.15, 0.2) is 0 Å². The van der Waals surface area contributed by atoms with Crippen molar-refractivity contribution in [3.63, 3.8) is 0 Å². The number of aromatic nitrogens is 3. The number of nitrogens with two attached hydrogens (primary N) is 1. The Labute approximate surface area is 168 Å². The molecule has 0 bridgehead atoms. The second-order valence-corrected chi connectivity index (χ2v) is 7.88. The molecule has 7 nitrogen and oxygen atoms in total. The molecule has 5 rings (SSSR count). The minimum Gasteiger partial charge on any atom is -0.397 e. The van der Waals surface area contributed by atoms with E-state index in [0.29, 0.717) is 23.1 Å². The molecular formula is C22H24N6O. The number of fused-ring (bicyclic) bond motifs is 2. The van der Waals surface area contributed by atoms with Gasteiger partial charge in [0.1, 0.15) is 11.4 Å². The Morgan fingerprint density at radius 2 is 1.93 bits per heavy atom. The van der Waals surface area contributed by atoms with E-state index in [9.17, 15) is 4.79 Å². The van der Waals surface area contributed by atoms with Crippen molar-refractivity contribution in [3.8, 4) is 11.4 Å². The fourth-order valence-corrected chi connectivity index (χ4v) is 4.32. The summed E-state index contributed by atoms with van der Waals surface area (Å²) >= 11 is 0. The number of rotatable bonds is 2. The molecule has 0 aliphatic carbocycles. The van der Waals surface area contributed by atoms with E-state index >= 15 is 0 Å². The van der Waals surface area contributed by atoms with Gasteiger partial charge < -0.3 is 25.5 Å². The number of nitrogens with one attached hydrogen (secondary N) is 2. The minimum atomic E-state index is -0.242. The van der Waals surface area contributed by atoms with Crippen LogP contribution in [0.3, 0.4) is 0 Å². The predicted octanol–water partition coefficient (Wildman–Crippen LogP) is 2.79. The molecular weight excluding hydrogens is 364 g/mol. The lowest BCUT2D eigenvalue weighted by Crippen LogP contribution is -2.50. The third-order valence-corrected chi connectivity index (χ3v) is 5.83. The van der Waals surface area contributed by atoms with Gasteiger partial charge in [-0.3, -0.25) is 4.79 Å². The number of pyridine rings is 1. The van der Waals surface area contributed by atoms with Crippen molar-refractivity contribution < 1.29 is 0 Å².